The van der Waals surface area contributed by atoms with Crippen LogP contribution in [0.25, 0.3) is 0 Å². The van der Waals surface area contributed by atoms with Crippen molar-refractivity contribution in [3.63, 3.8) is 0 Å². The Morgan fingerprint density at radius 2 is 1.94 bits per heavy atom. The first-order chi connectivity index (χ1) is 8.47. The zero-order chi connectivity index (χ0) is 13.6. The maximum atomic E-state index is 3.56. The maximum absolute atomic E-state index is 3.56. The molecular formula is C15H25BrN2. The first-order valence-corrected chi connectivity index (χ1v) is 7.38. The van der Waals surface area contributed by atoms with E-state index < -0.39 is 0 Å². The largest absolute Gasteiger partial charge is 0.320 e. The summed E-state index contributed by atoms with van der Waals surface area (Å²) >= 11 is 3.56. The van der Waals surface area contributed by atoms with Crippen molar-refractivity contribution in [2.75, 3.05) is 26.7 Å². The lowest BCUT2D eigenvalue weighted by atomic mass is 9.82. The van der Waals surface area contributed by atoms with E-state index in [0.29, 0.717) is 0 Å². The number of halogens is 1. The first kappa shape index (κ1) is 15.7. The maximum Gasteiger partial charge on any atom is 0.0178 e. The molecule has 0 saturated carbocycles. The highest BCUT2D eigenvalue weighted by molar-refractivity contribution is 9.10. The zero-order valence-electron chi connectivity index (χ0n) is 11.9. The number of benzene rings is 1. The normalized spacial score (nSPS) is 11.8. The van der Waals surface area contributed by atoms with Gasteiger partial charge in [0.1, 0.15) is 0 Å². The van der Waals surface area contributed by atoms with Gasteiger partial charge in [-0.25, -0.2) is 0 Å². The van der Waals surface area contributed by atoms with Gasteiger partial charge in [0.15, 0.2) is 0 Å². The van der Waals surface area contributed by atoms with Crippen LogP contribution >= 0.6 is 15.9 Å². The van der Waals surface area contributed by atoms with Crippen LogP contribution in [0.1, 0.15) is 31.4 Å². The van der Waals surface area contributed by atoms with Gasteiger partial charge in [0, 0.05) is 16.4 Å². The lowest BCUT2D eigenvalue weighted by Gasteiger charge is -2.28. The quantitative estimate of drug-likeness (QED) is 0.755. The number of rotatable bonds is 7. The molecule has 0 aliphatic rings. The minimum absolute atomic E-state index is 0.160. The van der Waals surface area contributed by atoms with Gasteiger partial charge in [-0.3, -0.25) is 0 Å². The molecule has 1 rings (SSSR count). The molecule has 0 bridgehead atoms. The van der Waals surface area contributed by atoms with Crippen molar-refractivity contribution in [1.82, 2.24) is 10.6 Å². The molecule has 0 heterocycles. The lowest BCUT2D eigenvalue weighted by Crippen LogP contribution is -2.34. The van der Waals surface area contributed by atoms with Crippen LogP contribution in [0, 0.1) is 6.92 Å². The van der Waals surface area contributed by atoms with Crippen molar-refractivity contribution < 1.29 is 0 Å². The summed E-state index contributed by atoms with van der Waals surface area (Å²) in [5.41, 5.74) is 2.94. The smallest absolute Gasteiger partial charge is 0.0178 e. The van der Waals surface area contributed by atoms with Crippen LogP contribution in [0.5, 0.6) is 0 Å². The van der Waals surface area contributed by atoms with Gasteiger partial charge in [0.25, 0.3) is 0 Å². The fraction of sp³-hybridized carbons (Fsp3) is 0.600. The van der Waals surface area contributed by atoms with E-state index in [-0.39, 0.29) is 5.41 Å². The van der Waals surface area contributed by atoms with E-state index in [1.54, 1.807) is 0 Å². The Kier molecular flexibility index (Phi) is 6.33. The SMILES string of the molecule is CNCCCNCC(C)(C)c1cc(Br)ccc1C. The van der Waals surface area contributed by atoms with Crippen LogP contribution in [0.3, 0.4) is 0 Å². The summed E-state index contributed by atoms with van der Waals surface area (Å²) in [6.45, 7) is 9.93. The van der Waals surface area contributed by atoms with Gasteiger partial charge in [-0.05, 0) is 56.7 Å². The first-order valence-electron chi connectivity index (χ1n) is 6.59. The molecule has 0 aliphatic carbocycles. The van der Waals surface area contributed by atoms with E-state index in [1.165, 1.54) is 17.5 Å². The van der Waals surface area contributed by atoms with Gasteiger partial charge in [-0.1, -0.05) is 35.8 Å². The van der Waals surface area contributed by atoms with Gasteiger partial charge in [0.05, 0.1) is 0 Å². The van der Waals surface area contributed by atoms with Gasteiger partial charge in [0.2, 0.25) is 0 Å². The predicted octanol–water partition coefficient (Wildman–Crippen LogP) is 3.23. The molecule has 0 amide bonds. The summed E-state index contributed by atoms with van der Waals surface area (Å²) in [7, 11) is 1.99. The number of aryl methyl sites for hydroxylation is 1. The molecule has 102 valence electrons. The topological polar surface area (TPSA) is 24.1 Å². The van der Waals surface area contributed by atoms with Crippen molar-refractivity contribution in [2.24, 2.45) is 0 Å². The second kappa shape index (κ2) is 7.27. The average Bonchev–Trinajstić information content (AvgIpc) is 2.32. The van der Waals surface area contributed by atoms with Crippen molar-refractivity contribution in [3.8, 4) is 0 Å². The van der Waals surface area contributed by atoms with Crippen molar-refractivity contribution in [3.05, 3.63) is 33.8 Å². The molecule has 0 aliphatic heterocycles. The average molecular weight is 313 g/mol. The summed E-state index contributed by atoms with van der Waals surface area (Å²) in [5, 5.41) is 6.72. The molecule has 0 unspecified atom stereocenters. The van der Waals surface area contributed by atoms with Gasteiger partial charge in [-0.2, -0.15) is 0 Å². The van der Waals surface area contributed by atoms with Crippen LogP contribution in [0.15, 0.2) is 22.7 Å². The minimum Gasteiger partial charge on any atom is -0.320 e. The fourth-order valence-electron chi connectivity index (χ4n) is 2.21. The van der Waals surface area contributed by atoms with Crippen LogP contribution in [-0.2, 0) is 5.41 Å². The standard InChI is InChI=1S/C15H25BrN2/c1-12-6-7-13(16)10-14(12)15(2,3)11-18-9-5-8-17-4/h6-7,10,17-18H,5,8-9,11H2,1-4H3. The molecule has 1 aromatic rings. The van der Waals surface area contributed by atoms with Crippen LogP contribution in [0.2, 0.25) is 0 Å². The van der Waals surface area contributed by atoms with Gasteiger partial charge >= 0.3 is 0 Å². The Hall–Kier alpha value is -0.380. The van der Waals surface area contributed by atoms with Crippen molar-refractivity contribution in [2.45, 2.75) is 32.6 Å². The monoisotopic (exact) mass is 312 g/mol. The molecule has 1 aromatic carbocycles. The highest BCUT2D eigenvalue weighted by Gasteiger charge is 2.22. The van der Waals surface area contributed by atoms with Crippen molar-refractivity contribution in [1.29, 1.82) is 0 Å². The fourth-order valence-corrected chi connectivity index (χ4v) is 2.57. The van der Waals surface area contributed by atoms with Crippen LogP contribution in [0.4, 0.5) is 0 Å². The molecule has 0 atom stereocenters. The minimum atomic E-state index is 0.160. The Morgan fingerprint density at radius 1 is 1.22 bits per heavy atom. The summed E-state index contributed by atoms with van der Waals surface area (Å²) in [6, 6.07) is 6.53. The molecule has 0 radical (unpaired) electrons. The molecule has 0 spiro atoms. The Labute approximate surface area is 120 Å². The number of nitrogens with one attached hydrogen (secondary N) is 2. The Bertz CT molecular complexity index is 375. The van der Waals surface area contributed by atoms with E-state index in [1.807, 2.05) is 7.05 Å². The Balaban J connectivity index is 2.59. The van der Waals surface area contributed by atoms with E-state index in [9.17, 15) is 0 Å². The van der Waals surface area contributed by atoms with E-state index in [4.69, 9.17) is 0 Å². The molecule has 18 heavy (non-hydrogen) atoms. The third kappa shape index (κ3) is 4.71. The second-order valence-electron chi connectivity index (χ2n) is 5.48. The van der Waals surface area contributed by atoms with Gasteiger partial charge in [-0.15, -0.1) is 0 Å². The van der Waals surface area contributed by atoms with Gasteiger partial charge < -0.3 is 10.6 Å². The second-order valence-corrected chi connectivity index (χ2v) is 6.39. The van der Waals surface area contributed by atoms with Crippen LogP contribution < -0.4 is 10.6 Å². The van der Waals surface area contributed by atoms with Crippen molar-refractivity contribution >= 4 is 15.9 Å². The van der Waals surface area contributed by atoms with E-state index in [2.05, 4.69) is 65.5 Å². The molecule has 0 fully saturated rings. The van der Waals surface area contributed by atoms with Crippen LogP contribution in [-0.4, -0.2) is 26.7 Å². The summed E-state index contributed by atoms with van der Waals surface area (Å²) in [4.78, 5) is 0. The molecule has 0 aromatic heterocycles. The molecule has 2 nitrogen and oxygen atoms in total. The Morgan fingerprint density at radius 3 is 2.61 bits per heavy atom. The molecule has 3 heteroatoms. The molecule has 0 saturated heterocycles. The highest BCUT2D eigenvalue weighted by atomic mass is 79.9. The van der Waals surface area contributed by atoms with E-state index in [0.717, 1.165) is 24.1 Å². The third-order valence-corrected chi connectivity index (χ3v) is 3.77. The molecular weight excluding hydrogens is 288 g/mol. The number of hydrogen-bond acceptors (Lipinski definition) is 2. The summed E-state index contributed by atoms with van der Waals surface area (Å²) in [6.07, 6.45) is 1.17. The number of hydrogen-bond donors (Lipinski definition) is 2. The highest BCUT2D eigenvalue weighted by Crippen LogP contribution is 2.28. The molecule has 2 N–H and O–H groups in total. The van der Waals surface area contributed by atoms with E-state index >= 15 is 0 Å². The predicted molar refractivity (Wildman–Crippen MR) is 83.3 cm³/mol. The zero-order valence-corrected chi connectivity index (χ0v) is 13.5. The summed E-state index contributed by atoms with van der Waals surface area (Å²) in [5.74, 6) is 0. The lowest BCUT2D eigenvalue weighted by molar-refractivity contribution is 0.462. The summed E-state index contributed by atoms with van der Waals surface area (Å²) < 4.78 is 1.16. The third-order valence-electron chi connectivity index (χ3n) is 3.28.